The minimum Gasteiger partial charge on any atom is -0.377 e. The molecule has 1 saturated heterocycles. The van der Waals surface area contributed by atoms with Gasteiger partial charge in [-0.25, -0.2) is 9.97 Å². The third-order valence-electron chi connectivity index (χ3n) is 3.55. The fourth-order valence-electron chi connectivity index (χ4n) is 2.50. The zero-order chi connectivity index (χ0) is 13.8. The first-order chi connectivity index (χ1) is 9.17. The summed E-state index contributed by atoms with van der Waals surface area (Å²) in [6, 6.07) is 0.413. The Bertz CT molecular complexity index is 436. The second kappa shape index (κ2) is 6.19. The molecule has 1 aliphatic rings. The van der Waals surface area contributed by atoms with Crippen molar-refractivity contribution in [3.05, 3.63) is 11.4 Å². The van der Waals surface area contributed by atoms with Crippen molar-refractivity contribution in [2.75, 3.05) is 36.5 Å². The zero-order valence-electron chi connectivity index (χ0n) is 12.4. The highest BCUT2D eigenvalue weighted by atomic mass is 16.5. The average Bonchev–Trinajstić information content (AvgIpc) is 2.42. The van der Waals surface area contributed by atoms with Gasteiger partial charge < -0.3 is 15.0 Å². The molecule has 5 heteroatoms. The molecule has 1 aliphatic heterocycles. The van der Waals surface area contributed by atoms with Crippen molar-refractivity contribution in [2.45, 2.75) is 40.2 Å². The summed E-state index contributed by atoms with van der Waals surface area (Å²) < 4.78 is 5.57. The van der Waals surface area contributed by atoms with E-state index in [0.717, 1.165) is 55.7 Å². The first-order valence-corrected chi connectivity index (χ1v) is 7.10. The Morgan fingerprint density at radius 3 is 2.79 bits per heavy atom. The van der Waals surface area contributed by atoms with Gasteiger partial charge in [-0.1, -0.05) is 6.92 Å². The predicted octanol–water partition coefficient (Wildman–Crippen LogP) is 2.14. The van der Waals surface area contributed by atoms with Crippen molar-refractivity contribution in [1.82, 2.24) is 9.97 Å². The van der Waals surface area contributed by atoms with Crippen molar-refractivity contribution in [3.8, 4) is 0 Å². The number of anilines is 2. The van der Waals surface area contributed by atoms with Crippen molar-refractivity contribution < 1.29 is 4.74 Å². The Balaban J connectivity index is 2.36. The van der Waals surface area contributed by atoms with Gasteiger partial charge in [0.1, 0.15) is 17.5 Å². The van der Waals surface area contributed by atoms with Crippen LogP contribution in [0.25, 0.3) is 0 Å². The van der Waals surface area contributed by atoms with Crippen LogP contribution in [0.2, 0.25) is 0 Å². The van der Waals surface area contributed by atoms with Gasteiger partial charge in [-0.05, 0) is 27.2 Å². The van der Waals surface area contributed by atoms with E-state index >= 15 is 0 Å². The van der Waals surface area contributed by atoms with Gasteiger partial charge in [-0.2, -0.15) is 0 Å². The molecule has 0 aliphatic carbocycles. The first-order valence-electron chi connectivity index (χ1n) is 7.10. The molecule has 0 bridgehead atoms. The van der Waals surface area contributed by atoms with E-state index in [-0.39, 0.29) is 0 Å². The lowest BCUT2D eigenvalue weighted by Gasteiger charge is -2.37. The Hall–Kier alpha value is -1.36. The molecule has 106 valence electrons. The van der Waals surface area contributed by atoms with Crippen LogP contribution in [-0.4, -0.2) is 42.3 Å². The lowest BCUT2D eigenvalue weighted by molar-refractivity contribution is 0.0925. The molecule has 19 heavy (non-hydrogen) atoms. The molecule has 0 spiro atoms. The molecule has 0 radical (unpaired) electrons. The van der Waals surface area contributed by atoms with Gasteiger partial charge in [0, 0.05) is 18.7 Å². The van der Waals surface area contributed by atoms with Crippen LogP contribution in [-0.2, 0) is 4.74 Å². The van der Waals surface area contributed by atoms with Crippen LogP contribution in [0.5, 0.6) is 0 Å². The average molecular weight is 264 g/mol. The number of rotatable bonds is 4. The summed E-state index contributed by atoms with van der Waals surface area (Å²) in [6.07, 6.45) is 1.07. The molecule has 2 heterocycles. The Labute approximate surface area is 115 Å². The number of hydrogen-bond acceptors (Lipinski definition) is 5. The van der Waals surface area contributed by atoms with E-state index in [0.29, 0.717) is 6.04 Å². The fourth-order valence-corrected chi connectivity index (χ4v) is 2.50. The monoisotopic (exact) mass is 264 g/mol. The lowest BCUT2D eigenvalue weighted by Crippen LogP contribution is -2.46. The molecule has 1 N–H and O–H groups in total. The molecule has 0 amide bonds. The number of nitrogens with zero attached hydrogens (tertiary/aromatic N) is 3. The number of hydrogen-bond donors (Lipinski definition) is 1. The first kappa shape index (κ1) is 14.1. The Morgan fingerprint density at radius 1 is 1.32 bits per heavy atom. The third-order valence-corrected chi connectivity index (χ3v) is 3.55. The second-order valence-corrected chi connectivity index (χ2v) is 4.93. The highest BCUT2D eigenvalue weighted by molar-refractivity contribution is 5.59. The molecule has 2 rings (SSSR count). The molecule has 1 unspecified atom stereocenters. The van der Waals surface area contributed by atoms with Gasteiger partial charge >= 0.3 is 0 Å². The van der Waals surface area contributed by atoms with Gasteiger partial charge in [-0.15, -0.1) is 0 Å². The van der Waals surface area contributed by atoms with Crippen LogP contribution in [0.4, 0.5) is 11.6 Å². The number of aryl methyl sites for hydroxylation is 1. The summed E-state index contributed by atoms with van der Waals surface area (Å²) in [7, 11) is 0. The lowest BCUT2D eigenvalue weighted by atomic mass is 10.1. The zero-order valence-corrected chi connectivity index (χ0v) is 12.4. The van der Waals surface area contributed by atoms with Crippen LogP contribution in [0, 0.1) is 13.8 Å². The maximum atomic E-state index is 5.57. The minimum absolute atomic E-state index is 0.413. The molecule has 1 atom stereocenters. The van der Waals surface area contributed by atoms with Crippen molar-refractivity contribution >= 4 is 11.6 Å². The summed E-state index contributed by atoms with van der Waals surface area (Å²) in [5, 5.41) is 3.32. The quantitative estimate of drug-likeness (QED) is 0.903. The van der Waals surface area contributed by atoms with Crippen LogP contribution >= 0.6 is 0 Å². The van der Waals surface area contributed by atoms with Crippen LogP contribution in [0.3, 0.4) is 0 Å². The summed E-state index contributed by atoms with van der Waals surface area (Å²) in [5.41, 5.74) is 1.13. The second-order valence-electron chi connectivity index (χ2n) is 4.93. The van der Waals surface area contributed by atoms with E-state index < -0.39 is 0 Å². The molecular formula is C14H24N4O. The smallest absolute Gasteiger partial charge is 0.137 e. The normalized spacial score (nSPS) is 19.6. The summed E-state index contributed by atoms with van der Waals surface area (Å²) in [4.78, 5) is 11.5. The number of aromatic nitrogens is 2. The van der Waals surface area contributed by atoms with E-state index in [9.17, 15) is 0 Å². The van der Waals surface area contributed by atoms with Gasteiger partial charge in [0.2, 0.25) is 0 Å². The maximum Gasteiger partial charge on any atom is 0.137 e. The summed E-state index contributed by atoms with van der Waals surface area (Å²) in [6.45, 7) is 11.7. The van der Waals surface area contributed by atoms with Crippen LogP contribution in [0.1, 0.15) is 31.7 Å². The van der Waals surface area contributed by atoms with E-state index in [2.05, 4.69) is 41.0 Å². The van der Waals surface area contributed by atoms with Gasteiger partial charge in [0.25, 0.3) is 0 Å². The summed E-state index contributed by atoms with van der Waals surface area (Å²) >= 11 is 0. The van der Waals surface area contributed by atoms with Gasteiger partial charge in [-0.3, -0.25) is 0 Å². The summed E-state index contributed by atoms with van der Waals surface area (Å²) in [5.74, 6) is 2.82. The molecule has 1 aromatic rings. The highest BCUT2D eigenvalue weighted by Crippen LogP contribution is 2.27. The highest BCUT2D eigenvalue weighted by Gasteiger charge is 2.25. The van der Waals surface area contributed by atoms with Gasteiger partial charge in [0.05, 0.1) is 19.3 Å². The number of morpholine rings is 1. The Kier molecular flexibility index (Phi) is 4.58. The topological polar surface area (TPSA) is 50.3 Å². The van der Waals surface area contributed by atoms with E-state index in [1.807, 2.05) is 6.92 Å². The van der Waals surface area contributed by atoms with Crippen molar-refractivity contribution in [3.63, 3.8) is 0 Å². The maximum absolute atomic E-state index is 5.57. The molecule has 5 nitrogen and oxygen atoms in total. The van der Waals surface area contributed by atoms with Crippen LogP contribution in [0.15, 0.2) is 0 Å². The number of nitrogens with one attached hydrogen (secondary N) is 1. The van der Waals surface area contributed by atoms with E-state index in [1.54, 1.807) is 0 Å². The molecule has 0 saturated carbocycles. The SMILES string of the molecule is CCNc1nc(C)nc(N2CCOCC2CC)c1C. The van der Waals surface area contributed by atoms with Gasteiger partial charge in [0.15, 0.2) is 0 Å². The Morgan fingerprint density at radius 2 is 2.11 bits per heavy atom. The minimum atomic E-state index is 0.413. The van der Waals surface area contributed by atoms with E-state index in [1.165, 1.54) is 0 Å². The van der Waals surface area contributed by atoms with Crippen molar-refractivity contribution in [1.29, 1.82) is 0 Å². The number of ether oxygens (including phenoxy) is 1. The van der Waals surface area contributed by atoms with Crippen LogP contribution < -0.4 is 10.2 Å². The standard InChI is InChI=1S/C14H24N4O/c1-5-12-9-19-8-7-18(12)14-10(3)13(15-6-2)16-11(4)17-14/h12H,5-9H2,1-4H3,(H,15,16,17). The molecule has 1 fully saturated rings. The molecule has 0 aromatic carbocycles. The largest absolute Gasteiger partial charge is 0.377 e. The molecule has 1 aromatic heterocycles. The third kappa shape index (κ3) is 2.97. The fraction of sp³-hybridized carbons (Fsp3) is 0.714. The molecular weight excluding hydrogens is 240 g/mol. The predicted molar refractivity (Wildman–Crippen MR) is 77.9 cm³/mol. The van der Waals surface area contributed by atoms with E-state index in [4.69, 9.17) is 4.74 Å². The van der Waals surface area contributed by atoms with Crippen molar-refractivity contribution in [2.24, 2.45) is 0 Å².